The number of aliphatic hydroxyl groups is 1. The van der Waals surface area contributed by atoms with Gasteiger partial charge in [0.25, 0.3) is 0 Å². The van der Waals surface area contributed by atoms with Gasteiger partial charge in [-0.25, -0.2) is 0 Å². The molecule has 0 saturated heterocycles. The lowest BCUT2D eigenvalue weighted by Crippen LogP contribution is -2.28. The highest BCUT2D eigenvalue weighted by atomic mass is 16.3. The zero-order valence-corrected chi connectivity index (χ0v) is 21.6. The van der Waals surface area contributed by atoms with Gasteiger partial charge >= 0.3 is 0 Å². The summed E-state index contributed by atoms with van der Waals surface area (Å²) in [6, 6.07) is 0. The summed E-state index contributed by atoms with van der Waals surface area (Å²) in [6.45, 7) is 16.6. The van der Waals surface area contributed by atoms with E-state index in [0.29, 0.717) is 41.0 Å². The minimum absolute atomic E-state index is 0.212. The first-order valence-electron chi connectivity index (χ1n) is 12.6. The molecule has 0 amide bonds. The van der Waals surface area contributed by atoms with Crippen molar-refractivity contribution in [2.75, 3.05) is 0 Å². The highest BCUT2D eigenvalue weighted by Gasteiger charge is 2.26. The minimum Gasteiger partial charge on any atom is -0.507 e. The van der Waals surface area contributed by atoms with E-state index in [4.69, 9.17) is 0 Å². The molecule has 1 aromatic rings. The van der Waals surface area contributed by atoms with E-state index in [0.717, 1.165) is 24.7 Å². The van der Waals surface area contributed by atoms with Crippen LogP contribution in [-0.4, -0.2) is 20.9 Å². The summed E-state index contributed by atoms with van der Waals surface area (Å²) < 4.78 is 0. The lowest BCUT2D eigenvalue weighted by molar-refractivity contribution is 0.0466. The fraction of sp³-hybridized carbons (Fsp3) is 0.786. The molecular formula is C28H50O3. The van der Waals surface area contributed by atoms with Crippen LogP contribution >= 0.6 is 0 Å². The van der Waals surface area contributed by atoms with Gasteiger partial charge in [-0.05, 0) is 68.6 Å². The maximum Gasteiger partial charge on any atom is 0.122 e. The summed E-state index contributed by atoms with van der Waals surface area (Å²) in [6.07, 6.45) is 11.1. The molecule has 31 heavy (non-hydrogen) atoms. The van der Waals surface area contributed by atoms with Gasteiger partial charge in [0, 0.05) is 12.0 Å². The average Bonchev–Trinajstić information content (AvgIpc) is 2.68. The smallest absolute Gasteiger partial charge is 0.122 e. The normalized spacial score (nSPS) is 15.8. The van der Waals surface area contributed by atoms with Gasteiger partial charge in [0.15, 0.2) is 0 Å². The van der Waals surface area contributed by atoms with Crippen LogP contribution in [0.3, 0.4) is 0 Å². The number of phenolic OH excluding ortho intramolecular Hbond substituents is 2. The van der Waals surface area contributed by atoms with Crippen molar-refractivity contribution in [3.63, 3.8) is 0 Å². The third-order valence-corrected chi connectivity index (χ3v) is 7.21. The maximum atomic E-state index is 11.0. The predicted molar refractivity (Wildman–Crippen MR) is 133 cm³/mol. The lowest BCUT2D eigenvalue weighted by Gasteiger charge is -2.26. The van der Waals surface area contributed by atoms with Gasteiger partial charge in [0.1, 0.15) is 11.5 Å². The first-order valence-corrected chi connectivity index (χ1v) is 12.6. The van der Waals surface area contributed by atoms with Crippen molar-refractivity contribution in [1.29, 1.82) is 0 Å². The van der Waals surface area contributed by atoms with Crippen LogP contribution in [0.25, 0.3) is 0 Å². The van der Waals surface area contributed by atoms with Crippen molar-refractivity contribution in [3.05, 3.63) is 22.3 Å². The molecule has 0 bridgehead atoms. The predicted octanol–water partition coefficient (Wildman–Crippen LogP) is 7.76. The van der Waals surface area contributed by atoms with Crippen LogP contribution in [-0.2, 0) is 6.42 Å². The van der Waals surface area contributed by atoms with E-state index in [1.54, 1.807) is 0 Å². The molecule has 0 radical (unpaired) electrons. The lowest BCUT2D eigenvalue weighted by atomic mass is 9.85. The molecule has 180 valence electrons. The molecule has 3 unspecified atom stereocenters. The fourth-order valence-electron chi connectivity index (χ4n) is 4.68. The molecule has 1 rings (SSSR count). The average molecular weight is 435 g/mol. The standard InChI is InChI=1S/C28H50O3/c1-19(2)12-9-13-20(3)14-10-15-21(4)16-11-17-28(8,31)18-25-24(7)26(29)22(5)23(6)27(25)30/h19-21,29-31H,9-18H2,1-8H3. The molecule has 0 spiro atoms. The van der Waals surface area contributed by atoms with Crippen LogP contribution in [0.15, 0.2) is 0 Å². The second kappa shape index (κ2) is 12.7. The topological polar surface area (TPSA) is 60.7 Å². The summed E-state index contributed by atoms with van der Waals surface area (Å²) in [7, 11) is 0. The Balaban J connectivity index is 2.41. The monoisotopic (exact) mass is 434 g/mol. The molecule has 3 nitrogen and oxygen atoms in total. The Morgan fingerprint density at radius 1 is 0.677 bits per heavy atom. The van der Waals surface area contributed by atoms with Gasteiger partial charge in [-0.3, -0.25) is 0 Å². The largest absolute Gasteiger partial charge is 0.507 e. The van der Waals surface area contributed by atoms with Gasteiger partial charge in [0.05, 0.1) is 5.60 Å². The van der Waals surface area contributed by atoms with Gasteiger partial charge < -0.3 is 15.3 Å². The van der Waals surface area contributed by atoms with Crippen molar-refractivity contribution >= 4 is 0 Å². The van der Waals surface area contributed by atoms with Gasteiger partial charge in [0.2, 0.25) is 0 Å². The molecule has 0 aliphatic carbocycles. The van der Waals surface area contributed by atoms with Crippen LogP contribution in [0.5, 0.6) is 11.5 Å². The Labute approximate surface area is 192 Å². The van der Waals surface area contributed by atoms with Crippen LogP contribution in [0, 0.1) is 38.5 Å². The van der Waals surface area contributed by atoms with Crippen LogP contribution in [0.1, 0.15) is 115 Å². The Kier molecular flexibility index (Phi) is 11.4. The number of benzene rings is 1. The van der Waals surface area contributed by atoms with Crippen molar-refractivity contribution in [2.24, 2.45) is 17.8 Å². The number of hydrogen-bond donors (Lipinski definition) is 3. The molecular weight excluding hydrogens is 384 g/mol. The Morgan fingerprint density at radius 2 is 1.13 bits per heavy atom. The number of hydrogen-bond acceptors (Lipinski definition) is 3. The molecule has 0 aromatic heterocycles. The van der Waals surface area contributed by atoms with E-state index in [-0.39, 0.29) is 11.5 Å². The second-order valence-electron chi connectivity index (χ2n) is 11.1. The first-order chi connectivity index (χ1) is 14.4. The molecule has 3 atom stereocenters. The van der Waals surface area contributed by atoms with Crippen molar-refractivity contribution in [1.82, 2.24) is 0 Å². The Bertz CT molecular complexity index is 646. The first kappa shape index (κ1) is 27.8. The number of aromatic hydroxyl groups is 2. The Morgan fingerprint density at radius 3 is 1.65 bits per heavy atom. The Hall–Kier alpha value is -1.22. The highest BCUT2D eigenvalue weighted by Crippen LogP contribution is 2.38. The zero-order chi connectivity index (χ0) is 23.8. The van der Waals surface area contributed by atoms with Crippen LogP contribution in [0.4, 0.5) is 0 Å². The van der Waals surface area contributed by atoms with E-state index in [1.807, 2.05) is 27.7 Å². The third kappa shape index (κ3) is 9.43. The van der Waals surface area contributed by atoms with Crippen molar-refractivity contribution in [2.45, 2.75) is 125 Å². The number of phenols is 2. The van der Waals surface area contributed by atoms with E-state index in [9.17, 15) is 15.3 Å². The summed E-state index contributed by atoms with van der Waals surface area (Å²) in [5, 5.41) is 31.9. The van der Waals surface area contributed by atoms with Crippen molar-refractivity contribution < 1.29 is 15.3 Å². The van der Waals surface area contributed by atoms with Gasteiger partial charge in [-0.15, -0.1) is 0 Å². The summed E-state index contributed by atoms with van der Waals surface area (Å²) in [5.41, 5.74) is 1.87. The maximum absolute atomic E-state index is 11.0. The summed E-state index contributed by atoms with van der Waals surface area (Å²) >= 11 is 0. The summed E-state index contributed by atoms with van der Waals surface area (Å²) in [5.74, 6) is 2.77. The molecule has 1 aromatic carbocycles. The number of rotatable bonds is 14. The molecule has 0 aliphatic rings. The van der Waals surface area contributed by atoms with Gasteiger partial charge in [-0.1, -0.05) is 79.1 Å². The quantitative estimate of drug-likeness (QED) is 0.262. The molecule has 3 heteroatoms. The zero-order valence-electron chi connectivity index (χ0n) is 21.6. The second-order valence-corrected chi connectivity index (χ2v) is 11.1. The molecule has 3 N–H and O–H groups in total. The highest BCUT2D eigenvalue weighted by molar-refractivity contribution is 5.57. The fourth-order valence-corrected chi connectivity index (χ4v) is 4.68. The van der Waals surface area contributed by atoms with E-state index < -0.39 is 5.60 Å². The molecule has 0 heterocycles. The van der Waals surface area contributed by atoms with Gasteiger partial charge in [-0.2, -0.15) is 0 Å². The van der Waals surface area contributed by atoms with E-state index in [2.05, 4.69) is 27.7 Å². The van der Waals surface area contributed by atoms with Crippen molar-refractivity contribution in [3.8, 4) is 11.5 Å². The molecule has 0 saturated carbocycles. The molecule has 0 aliphatic heterocycles. The SMILES string of the molecule is Cc1c(C)c(O)c(CC(C)(O)CCCC(C)CCCC(C)CCCC(C)C)c(C)c1O. The van der Waals surface area contributed by atoms with Crippen LogP contribution in [0.2, 0.25) is 0 Å². The molecule has 0 fully saturated rings. The third-order valence-electron chi connectivity index (χ3n) is 7.21. The summed E-state index contributed by atoms with van der Waals surface area (Å²) in [4.78, 5) is 0. The van der Waals surface area contributed by atoms with E-state index in [1.165, 1.54) is 38.5 Å². The van der Waals surface area contributed by atoms with E-state index >= 15 is 0 Å². The van der Waals surface area contributed by atoms with Crippen LogP contribution < -0.4 is 0 Å². The minimum atomic E-state index is -0.888.